The lowest BCUT2D eigenvalue weighted by atomic mass is 9.75. The molecule has 0 amide bonds. The second-order valence-electron chi connectivity index (χ2n) is 27.1. The van der Waals surface area contributed by atoms with Crippen molar-refractivity contribution in [2.75, 3.05) is 13.2 Å². The Balaban J connectivity index is 1.11. The molecule has 0 atom stereocenters. The van der Waals surface area contributed by atoms with Gasteiger partial charge in [-0.3, -0.25) is 0 Å². The molecule has 84 heavy (non-hydrogen) atoms. The third-order valence-electron chi connectivity index (χ3n) is 19.9. The van der Waals surface area contributed by atoms with Gasteiger partial charge in [0.15, 0.2) is 0 Å². The van der Waals surface area contributed by atoms with E-state index in [0.29, 0.717) is 25.0 Å². The Labute approximate surface area is 497 Å². The van der Waals surface area contributed by atoms with E-state index in [9.17, 15) is 0 Å². The van der Waals surface area contributed by atoms with Gasteiger partial charge in [-0.25, -0.2) is 0 Å². The molecule has 0 radical (unpaired) electrons. The number of hydrogen-bond acceptors (Lipinski definition) is 2. The molecule has 0 unspecified atom stereocenters. The number of ether oxygens (including phenoxy) is 2. The topological polar surface area (TPSA) is 18.5 Å². The summed E-state index contributed by atoms with van der Waals surface area (Å²) in [5, 5.41) is 10.4. The molecule has 418 valence electrons. The fourth-order valence-electron chi connectivity index (χ4n) is 15.8. The van der Waals surface area contributed by atoms with Gasteiger partial charge in [0.25, 0.3) is 0 Å². The summed E-state index contributed by atoms with van der Waals surface area (Å²) in [5.41, 5.74) is 26.6. The maximum atomic E-state index is 6.30. The molecule has 0 aliphatic heterocycles. The summed E-state index contributed by atoms with van der Waals surface area (Å²) in [6, 6.07) is 66.9. The molecule has 0 heterocycles. The zero-order chi connectivity index (χ0) is 57.2. The summed E-state index contributed by atoms with van der Waals surface area (Å²) in [4.78, 5) is 0. The quantitative estimate of drug-likeness (QED) is 0.127. The number of rotatable bonds is 10. The Morgan fingerprint density at radius 3 is 1.07 bits per heavy atom. The van der Waals surface area contributed by atoms with Crippen molar-refractivity contribution in [3.05, 3.63) is 192 Å². The van der Waals surface area contributed by atoms with Crippen LogP contribution in [0.5, 0.6) is 11.5 Å². The number of hydrogen-bond donors (Lipinski definition) is 0. The van der Waals surface area contributed by atoms with Crippen LogP contribution >= 0.6 is 0 Å². The van der Waals surface area contributed by atoms with Crippen molar-refractivity contribution in [3.8, 4) is 101 Å². The standard InChI is InChI=1S/C82H78O2/c1-9-83-61-31-21-29-53(45-61)71-63-33-19-20-34-64(63)72(54-30-22-32-62(46-54)84-10-2)78-66-36-38-68-76-67(37-35-65(75(66)76)77(71)78)79-73(57-39-55(49-23-13-11-14-24-49)41-59(43-57)81(3,4)5)69-47-51-27-17-18-28-52(51)48-70(69)74(80(68)79)58-40-56(50-25-15-12-16-26-50)42-60(44-58)82(6,7)8/h17-22,27-50H,9-16,23-26H2,1-8H3. The van der Waals surface area contributed by atoms with Gasteiger partial charge in [-0.1, -0.05) is 214 Å². The minimum atomic E-state index is -0.0470. The van der Waals surface area contributed by atoms with Crippen LogP contribution in [0.4, 0.5) is 0 Å². The van der Waals surface area contributed by atoms with Gasteiger partial charge in [-0.2, -0.15) is 0 Å². The highest BCUT2D eigenvalue weighted by Gasteiger charge is 2.38. The number of benzene rings is 11. The van der Waals surface area contributed by atoms with Crippen LogP contribution in [0.25, 0.3) is 132 Å². The third kappa shape index (κ3) is 8.63. The zero-order valence-electron chi connectivity index (χ0n) is 50.6. The van der Waals surface area contributed by atoms with E-state index in [-0.39, 0.29) is 10.8 Å². The molecule has 0 aromatic heterocycles. The van der Waals surface area contributed by atoms with Gasteiger partial charge < -0.3 is 9.47 Å². The molecule has 0 saturated heterocycles. The van der Waals surface area contributed by atoms with Gasteiger partial charge in [0, 0.05) is 0 Å². The molecule has 0 N–H and O–H groups in total. The van der Waals surface area contributed by atoms with Crippen LogP contribution in [-0.4, -0.2) is 13.2 Å². The predicted molar refractivity (Wildman–Crippen MR) is 358 cm³/mol. The van der Waals surface area contributed by atoms with Crippen LogP contribution in [0.3, 0.4) is 0 Å². The fourth-order valence-corrected chi connectivity index (χ4v) is 15.8. The highest BCUT2D eigenvalue weighted by atomic mass is 16.5. The summed E-state index contributed by atoms with van der Waals surface area (Å²) < 4.78 is 12.6. The van der Waals surface area contributed by atoms with E-state index in [1.54, 1.807) is 0 Å². The molecule has 2 heteroatoms. The summed E-state index contributed by atoms with van der Waals surface area (Å²) in [6.07, 6.45) is 12.9. The largest absolute Gasteiger partial charge is 0.494 e. The van der Waals surface area contributed by atoms with Gasteiger partial charge in [0.05, 0.1) is 13.2 Å². The first-order valence-corrected chi connectivity index (χ1v) is 31.8. The van der Waals surface area contributed by atoms with E-state index in [2.05, 4.69) is 225 Å². The van der Waals surface area contributed by atoms with Crippen LogP contribution in [0.1, 0.15) is 154 Å². The highest BCUT2D eigenvalue weighted by molar-refractivity contribution is 6.35. The Bertz CT molecular complexity index is 4200. The van der Waals surface area contributed by atoms with Gasteiger partial charge in [0.2, 0.25) is 0 Å². The van der Waals surface area contributed by atoms with Gasteiger partial charge in [0.1, 0.15) is 11.5 Å². The molecule has 4 aliphatic carbocycles. The lowest BCUT2D eigenvalue weighted by Crippen LogP contribution is -2.14. The minimum absolute atomic E-state index is 0.0470. The normalized spacial score (nSPS) is 15.1. The Hall–Kier alpha value is -7.94. The Morgan fingerprint density at radius 1 is 0.333 bits per heavy atom. The molecule has 0 bridgehead atoms. The van der Waals surface area contributed by atoms with Crippen molar-refractivity contribution in [2.45, 2.75) is 142 Å². The third-order valence-corrected chi connectivity index (χ3v) is 19.9. The molecular weight excluding hydrogens is 1020 g/mol. The first-order chi connectivity index (χ1) is 40.8. The van der Waals surface area contributed by atoms with Crippen LogP contribution in [0, 0.1) is 0 Å². The maximum absolute atomic E-state index is 6.30. The van der Waals surface area contributed by atoms with Crippen LogP contribution in [0.2, 0.25) is 0 Å². The van der Waals surface area contributed by atoms with Crippen LogP contribution < -0.4 is 9.47 Å². The maximum Gasteiger partial charge on any atom is 0.119 e. The van der Waals surface area contributed by atoms with Gasteiger partial charge in [-0.05, 0) is 253 Å². The van der Waals surface area contributed by atoms with Crippen molar-refractivity contribution >= 4 is 43.1 Å². The van der Waals surface area contributed by atoms with E-state index in [1.807, 2.05) is 0 Å². The van der Waals surface area contributed by atoms with E-state index >= 15 is 0 Å². The Morgan fingerprint density at radius 2 is 0.702 bits per heavy atom. The van der Waals surface area contributed by atoms with E-state index < -0.39 is 0 Å². The van der Waals surface area contributed by atoms with Crippen LogP contribution in [0.15, 0.2) is 170 Å². The van der Waals surface area contributed by atoms with Crippen molar-refractivity contribution < 1.29 is 9.47 Å². The molecule has 2 saturated carbocycles. The lowest BCUT2D eigenvalue weighted by molar-refractivity contribution is 0.340. The predicted octanol–water partition coefficient (Wildman–Crippen LogP) is 23.8. The molecule has 4 aliphatic rings. The second kappa shape index (κ2) is 20.4. The first kappa shape index (κ1) is 52.8. The smallest absolute Gasteiger partial charge is 0.119 e. The summed E-state index contributed by atoms with van der Waals surface area (Å²) in [7, 11) is 0. The van der Waals surface area contributed by atoms with E-state index in [1.165, 1.54) is 207 Å². The van der Waals surface area contributed by atoms with Crippen molar-refractivity contribution in [1.82, 2.24) is 0 Å². The van der Waals surface area contributed by atoms with Crippen molar-refractivity contribution in [1.29, 1.82) is 0 Å². The van der Waals surface area contributed by atoms with E-state index in [0.717, 1.165) is 22.6 Å². The second-order valence-corrected chi connectivity index (χ2v) is 27.1. The lowest BCUT2D eigenvalue weighted by Gasteiger charge is -2.29. The minimum Gasteiger partial charge on any atom is -0.494 e. The number of fused-ring (bicyclic) bond motifs is 9. The molecule has 2 fully saturated rings. The van der Waals surface area contributed by atoms with Crippen LogP contribution in [-0.2, 0) is 10.8 Å². The molecule has 2 nitrogen and oxygen atoms in total. The summed E-state index contributed by atoms with van der Waals surface area (Å²) in [6.45, 7) is 19.9. The van der Waals surface area contributed by atoms with E-state index in [4.69, 9.17) is 9.47 Å². The summed E-state index contributed by atoms with van der Waals surface area (Å²) in [5.74, 6) is 2.88. The fraction of sp³-hybridized carbons (Fsp3) is 0.293. The summed E-state index contributed by atoms with van der Waals surface area (Å²) >= 11 is 0. The molecule has 0 spiro atoms. The average Bonchev–Trinajstić information content (AvgIpc) is 1.58. The van der Waals surface area contributed by atoms with Crippen molar-refractivity contribution in [3.63, 3.8) is 0 Å². The van der Waals surface area contributed by atoms with Gasteiger partial charge in [-0.15, -0.1) is 0 Å². The highest BCUT2D eigenvalue weighted by Crippen LogP contribution is 2.65. The van der Waals surface area contributed by atoms with Crippen molar-refractivity contribution in [2.24, 2.45) is 0 Å². The average molecular weight is 1100 g/mol. The zero-order valence-corrected chi connectivity index (χ0v) is 50.6. The first-order valence-electron chi connectivity index (χ1n) is 31.8. The monoisotopic (exact) mass is 1090 g/mol. The van der Waals surface area contributed by atoms with Gasteiger partial charge >= 0.3 is 0 Å². The molecule has 11 aromatic carbocycles. The molecule has 15 rings (SSSR count). The molecule has 11 aromatic rings. The SMILES string of the molecule is CCOc1cccc(-c2c3c(c(-c4cccc(OCC)c4)c4ccccc24)-c2ccc4c5c(ccc-3c25)-c2c-4c(-c3cc(C4CCCCC4)cc(C(C)(C)C)c3)c3cc4ccccc4cc3c2-c2cc(C3CCCCC3)cc(C(C)(C)C)c2)c1. The Kier molecular flexibility index (Phi) is 12.8. The molecular formula is C82H78O2.